The minimum absolute atomic E-state index is 0.0355. The van der Waals surface area contributed by atoms with Gasteiger partial charge in [-0.25, -0.2) is 0 Å². The van der Waals surface area contributed by atoms with Crippen LogP contribution in [-0.2, 0) is 18.3 Å². The number of nitrogens with one attached hydrogen (secondary N) is 1. The molecule has 1 amide bonds. The Morgan fingerprint density at radius 2 is 2.09 bits per heavy atom. The molecule has 1 aromatic heterocycles. The second-order valence-corrected chi connectivity index (χ2v) is 5.75. The third-order valence-corrected chi connectivity index (χ3v) is 4.09. The molecule has 0 radical (unpaired) electrons. The fourth-order valence-corrected chi connectivity index (χ4v) is 2.69. The first-order chi connectivity index (χ1) is 11.0. The Morgan fingerprint density at radius 3 is 2.78 bits per heavy atom. The van der Waals surface area contributed by atoms with E-state index < -0.39 is 0 Å². The fourth-order valence-electron chi connectivity index (χ4n) is 2.69. The van der Waals surface area contributed by atoms with Crippen molar-refractivity contribution in [2.75, 3.05) is 13.2 Å². The van der Waals surface area contributed by atoms with E-state index >= 15 is 0 Å². The molecule has 6 nitrogen and oxygen atoms in total. The van der Waals surface area contributed by atoms with E-state index in [0.717, 1.165) is 28.5 Å². The maximum atomic E-state index is 12.2. The Labute approximate surface area is 135 Å². The number of aromatic nitrogens is 2. The van der Waals surface area contributed by atoms with Gasteiger partial charge in [-0.15, -0.1) is 0 Å². The van der Waals surface area contributed by atoms with Gasteiger partial charge >= 0.3 is 0 Å². The number of nitrogens with zero attached hydrogens (tertiary/aromatic N) is 2. The predicted octanol–water partition coefficient (Wildman–Crippen LogP) is 1.54. The maximum absolute atomic E-state index is 12.2. The summed E-state index contributed by atoms with van der Waals surface area (Å²) in [5, 5.41) is 7.25. The van der Waals surface area contributed by atoms with Gasteiger partial charge in [-0.2, -0.15) is 5.10 Å². The summed E-state index contributed by atoms with van der Waals surface area (Å²) >= 11 is 0. The van der Waals surface area contributed by atoms with Crippen molar-refractivity contribution in [3.63, 3.8) is 0 Å². The molecule has 2 aromatic rings. The molecule has 6 heteroatoms. The van der Waals surface area contributed by atoms with Crippen LogP contribution in [0.1, 0.15) is 17.0 Å². The topological polar surface area (TPSA) is 65.4 Å². The van der Waals surface area contributed by atoms with Gasteiger partial charge in [0.2, 0.25) is 5.91 Å². The van der Waals surface area contributed by atoms with E-state index in [9.17, 15) is 4.79 Å². The number of hydrogen-bond donors (Lipinski definition) is 1. The van der Waals surface area contributed by atoms with Crippen LogP contribution in [0.3, 0.4) is 0 Å². The smallest absolute Gasteiger partial charge is 0.224 e. The van der Waals surface area contributed by atoms with Crippen molar-refractivity contribution in [1.82, 2.24) is 15.1 Å². The van der Waals surface area contributed by atoms with Crippen molar-refractivity contribution < 1.29 is 14.3 Å². The zero-order valence-corrected chi connectivity index (χ0v) is 13.6. The summed E-state index contributed by atoms with van der Waals surface area (Å²) in [6, 6.07) is 7.55. The molecule has 1 N–H and O–H groups in total. The zero-order chi connectivity index (χ0) is 16.4. The van der Waals surface area contributed by atoms with E-state index in [-0.39, 0.29) is 12.0 Å². The highest BCUT2D eigenvalue weighted by atomic mass is 16.6. The van der Waals surface area contributed by atoms with Gasteiger partial charge in [0.1, 0.15) is 12.7 Å². The third kappa shape index (κ3) is 3.31. The number of ether oxygens (including phenoxy) is 2. The summed E-state index contributed by atoms with van der Waals surface area (Å²) in [7, 11) is 1.88. The van der Waals surface area contributed by atoms with Gasteiger partial charge < -0.3 is 14.8 Å². The number of carbonyl (C=O) groups excluding carboxylic acids is 1. The van der Waals surface area contributed by atoms with E-state index in [1.165, 1.54) is 0 Å². The molecule has 0 fully saturated rings. The first kappa shape index (κ1) is 15.4. The van der Waals surface area contributed by atoms with Crippen molar-refractivity contribution >= 4 is 5.91 Å². The number of para-hydroxylation sites is 2. The van der Waals surface area contributed by atoms with E-state index in [1.807, 2.05) is 45.2 Å². The lowest BCUT2D eigenvalue weighted by atomic mass is 10.1. The summed E-state index contributed by atoms with van der Waals surface area (Å²) < 4.78 is 13.3. The van der Waals surface area contributed by atoms with Crippen LogP contribution in [0.4, 0.5) is 0 Å². The van der Waals surface area contributed by atoms with Crippen LogP contribution in [-0.4, -0.2) is 34.9 Å². The molecule has 0 spiro atoms. The Hall–Kier alpha value is -2.50. The summed E-state index contributed by atoms with van der Waals surface area (Å²) in [5.74, 6) is 1.43. The molecule has 2 heterocycles. The van der Waals surface area contributed by atoms with Crippen LogP contribution >= 0.6 is 0 Å². The average Bonchev–Trinajstić information content (AvgIpc) is 2.79. The number of aryl methyl sites for hydroxylation is 2. The molecule has 0 bridgehead atoms. The highest BCUT2D eigenvalue weighted by Crippen LogP contribution is 2.30. The van der Waals surface area contributed by atoms with Crippen molar-refractivity contribution in [2.45, 2.75) is 26.4 Å². The molecule has 1 atom stereocenters. The van der Waals surface area contributed by atoms with Gasteiger partial charge in [0.25, 0.3) is 0 Å². The number of rotatable bonds is 4. The van der Waals surface area contributed by atoms with Crippen LogP contribution in [0.25, 0.3) is 0 Å². The minimum atomic E-state index is -0.176. The molecule has 1 aromatic carbocycles. The number of carbonyl (C=O) groups is 1. The van der Waals surface area contributed by atoms with Gasteiger partial charge in [0.15, 0.2) is 11.5 Å². The van der Waals surface area contributed by atoms with E-state index in [1.54, 1.807) is 4.68 Å². The van der Waals surface area contributed by atoms with E-state index in [0.29, 0.717) is 19.6 Å². The van der Waals surface area contributed by atoms with Crippen LogP contribution in [0.15, 0.2) is 24.3 Å². The quantitative estimate of drug-likeness (QED) is 0.929. The Kier molecular flexibility index (Phi) is 4.23. The molecular formula is C17H21N3O3. The lowest BCUT2D eigenvalue weighted by molar-refractivity contribution is -0.120. The van der Waals surface area contributed by atoms with Crippen molar-refractivity contribution in [3.8, 4) is 11.5 Å². The van der Waals surface area contributed by atoms with Crippen LogP contribution < -0.4 is 14.8 Å². The number of amides is 1. The highest BCUT2D eigenvalue weighted by Gasteiger charge is 2.21. The molecule has 3 rings (SSSR count). The Morgan fingerprint density at radius 1 is 1.35 bits per heavy atom. The van der Waals surface area contributed by atoms with Gasteiger partial charge in [0.05, 0.1) is 18.7 Å². The fraction of sp³-hybridized carbons (Fsp3) is 0.412. The molecule has 0 saturated heterocycles. The monoisotopic (exact) mass is 315 g/mol. The summed E-state index contributed by atoms with van der Waals surface area (Å²) in [4.78, 5) is 12.2. The highest BCUT2D eigenvalue weighted by molar-refractivity contribution is 5.79. The van der Waals surface area contributed by atoms with Crippen LogP contribution in [0.5, 0.6) is 11.5 Å². The van der Waals surface area contributed by atoms with Gasteiger partial charge in [0, 0.05) is 18.3 Å². The number of fused-ring (bicyclic) bond motifs is 1. The first-order valence-corrected chi connectivity index (χ1v) is 7.69. The summed E-state index contributed by atoms with van der Waals surface area (Å²) in [5.41, 5.74) is 2.89. The number of benzene rings is 1. The Balaban J connectivity index is 1.54. The van der Waals surface area contributed by atoms with Gasteiger partial charge in [-0.1, -0.05) is 12.1 Å². The molecule has 1 aliphatic heterocycles. The van der Waals surface area contributed by atoms with Crippen LogP contribution in [0, 0.1) is 13.8 Å². The summed E-state index contributed by atoms with van der Waals surface area (Å²) in [6.45, 7) is 4.75. The van der Waals surface area contributed by atoms with Crippen molar-refractivity contribution in [1.29, 1.82) is 0 Å². The third-order valence-electron chi connectivity index (χ3n) is 4.09. The molecular weight excluding hydrogens is 294 g/mol. The first-order valence-electron chi connectivity index (χ1n) is 7.69. The number of hydrogen-bond acceptors (Lipinski definition) is 4. The van der Waals surface area contributed by atoms with Gasteiger partial charge in [-0.3, -0.25) is 9.48 Å². The molecule has 0 unspecified atom stereocenters. The minimum Gasteiger partial charge on any atom is -0.486 e. The average molecular weight is 315 g/mol. The summed E-state index contributed by atoms with van der Waals surface area (Å²) in [6.07, 6.45) is 0.153. The molecule has 23 heavy (non-hydrogen) atoms. The zero-order valence-electron chi connectivity index (χ0n) is 13.6. The predicted molar refractivity (Wildman–Crippen MR) is 85.7 cm³/mol. The van der Waals surface area contributed by atoms with Crippen molar-refractivity contribution in [3.05, 3.63) is 41.2 Å². The lowest BCUT2D eigenvalue weighted by Crippen LogP contribution is -2.41. The van der Waals surface area contributed by atoms with Crippen molar-refractivity contribution in [2.24, 2.45) is 7.05 Å². The molecule has 0 saturated carbocycles. The van der Waals surface area contributed by atoms with Crippen LogP contribution in [0.2, 0.25) is 0 Å². The largest absolute Gasteiger partial charge is 0.486 e. The second kappa shape index (κ2) is 6.32. The Bertz CT molecular complexity index is 724. The van der Waals surface area contributed by atoms with Gasteiger partial charge in [-0.05, 0) is 26.0 Å². The SMILES string of the molecule is Cc1nn(C)c(C)c1CC(=O)NC[C@H]1COc2ccccc2O1. The maximum Gasteiger partial charge on any atom is 0.224 e. The lowest BCUT2D eigenvalue weighted by Gasteiger charge is -2.26. The normalized spacial score (nSPS) is 16.2. The molecule has 1 aliphatic rings. The molecule has 122 valence electrons. The second-order valence-electron chi connectivity index (χ2n) is 5.75. The van der Waals surface area contributed by atoms with E-state index in [4.69, 9.17) is 9.47 Å². The molecule has 0 aliphatic carbocycles. The van der Waals surface area contributed by atoms with E-state index in [2.05, 4.69) is 10.4 Å². The standard InChI is InChI=1S/C17H21N3O3/c1-11-14(12(2)20(3)19-11)8-17(21)18-9-13-10-22-15-6-4-5-7-16(15)23-13/h4-7,13H,8-10H2,1-3H3,(H,18,21)/t13-/m0/s1.